The van der Waals surface area contributed by atoms with Crippen molar-refractivity contribution >= 4 is 28.4 Å². The summed E-state index contributed by atoms with van der Waals surface area (Å²) < 4.78 is 42.5. The van der Waals surface area contributed by atoms with Crippen molar-refractivity contribution in [2.24, 2.45) is 5.41 Å². The average molecular weight is 602 g/mol. The molecule has 4 rings (SSSR count). The molecule has 0 amide bonds. The molecule has 190 valence electrons. The standard InChI is InChI=1S/C21H23NO3S.2C4H9.Sn/c1-16-10-12-19(13-11-16)26(23,24)22-14-17(2)21(3,15-25-4)20(22)18-8-6-5-7-9-18;2*1-3-4-2;/h2,5-13,20H,3,14-15H2,1,4H3;2*1,3-4H2,2H3;/t20-,21+;;;/m0.../s1. The van der Waals surface area contributed by atoms with E-state index in [1.165, 1.54) is 40.1 Å². The molecular formula is C29H41NO3SSn. The number of ether oxygens (including phenoxy) is 1. The molecule has 0 spiro atoms. The second kappa shape index (κ2) is 11.1. The molecule has 0 N–H and O–H groups in total. The maximum absolute atomic E-state index is 14.1. The monoisotopic (exact) mass is 603 g/mol. The van der Waals surface area contributed by atoms with Gasteiger partial charge in [0.2, 0.25) is 0 Å². The van der Waals surface area contributed by atoms with Crippen LogP contribution in [-0.4, -0.2) is 51.4 Å². The predicted octanol–water partition coefficient (Wildman–Crippen LogP) is 6.90. The van der Waals surface area contributed by atoms with Crippen LogP contribution >= 0.6 is 0 Å². The maximum atomic E-state index is 14.1. The van der Waals surface area contributed by atoms with Gasteiger partial charge in [-0.15, -0.1) is 0 Å². The van der Waals surface area contributed by atoms with Crippen LogP contribution in [0.5, 0.6) is 0 Å². The minimum atomic E-state index is -3.66. The van der Waals surface area contributed by atoms with Crippen molar-refractivity contribution in [1.29, 1.82) is 0 Å². The van der Waals surface area contributed by atoms with Crippen LogP contribution in [-0.2, 0) is 14.8 Å². The molecule has 0 bridgehead atoms. The summed E-state index contributed by atoms with van der Waals surface area (Å²) in [6.07, 6.45) is 5.02. The van der Waals surface area contributed by atoms with Crippen molar-refractivity contribution < 1.29 is 13.2 Å². The van der Waals surface area contributed by atoms with Crippen LogP contribution in [0.25, 0.3) is 0 Å². The van der Waals surface area contributed by atoms with Crippen LogP contribution < -0.4 is 0 Å². The van der Waals surface area contributed by atoms with Gasteiger partial charge in [0.1, 0.15) is 0 Å². The molecule has 1 saturated heterocycles. The molecule has 2 aliphatic rings. The molecule has 0 radical (unpaired) electrons. The zero-order valence-electron chi connectivity index (χ0n) is 21.8. The van der Waals surface area contributed by atoms with Crippen LogP contribution in [0.1, 0.15) is 56.7 Å². The second-order valence-electron chi connectivity index (χ2n) is 10.7. The first kappa shape index (κ1) is 26.9. The summed E-state index contributed by atoms with van der Waals surface area (Å²) in [6, 6.07) is 17.4. The van der Waals surface area contributed by atoms with Crippen molar-refractivity contribution in [3.8, 4) is 0 Å². The summed E-state index contributed by atoms with van der Waals surface area (Å²) in [5.41, 5.74) is 3.22. The van der Waals surface area contributed by atoms with Gasteiger partial charge in [-0.3, -0.25) is 0 Å². The molecule has 0 unspecified atom stereocenters. The molecule has 1 fully saturated rings. The fraction of sp³-hybridized carbons (Fsp3) is 0.517. The van der Waals surface area contributed by atoms with Crippen molar-refractivity contribution in [3.05, 3.63) is 75.4 Å². The van der Waals surface area contributed by atoms with E-state index in [2.05, 4.69) is 30.1 Å². The fourth-order valence-corrected chi connectivity index (χ4v) is 25.3. The van der Waals surface area contributed by atoms with Crippen molar-refractivity contribution in [3.63, 3.8) is 0 Å². The summed E-state index contributed by atoms with van der Waals surface area (Å²) in [7, 11) is -1.89. The molecule has 2 atom stereocenters. The van der Waals surface area contributed by atoms with E-state index in [1.54, 1.807) is 23.5 Å². The predicted molar refractivity (Wildman–Crippen MR) is 147 cm³/mol. The van der Waals surface area contributed by atoms with Gasteiger partial charge in [-0.1, -0.05) is 0 Å². The molecule has 2 heterocycles. The van der Waals surface area contributed by atoms with E-state index in [9.17, 15) is 8.42 Å². The van der Waals surface area contributed by atoms with E-state index in [1.807, 2.05) is 37.3 Å². The molecule has 0 saturated carbocycles. The number of methoxy groups -OCH3 is 1. The van der Waals surface area contributed by atoms with E-state index < -0.39 is 28.4 Å². The first-order chi connectivity index (χ1) is 16.8. The van der Waals surface area contributed by atoms with Crippen LogP contribution in [0, 0.1) is 12.3 Å². The SMILES string of the molecule is CCC[CH2][Sn]1([CH2]CCC)[CH]=C2CN(S(=O)(=O)c3ccc(C)cc3)[C@@H](c3ccccc3)[C@@]2(COC)[CH2]1. The van der Waals surface area contributed by atoms with Gasteiger partial charge in [-0.05, 0) is 0 Å². The Morgan fingerprint density at radius 1 is 1.00 bits per heavy atom. The molecule has 35 heavy (non-hydrogen) atoms. The molecule has 2 aliphatic heterocycles. The number of unbranched alkanes of at least 4 members (excludes halogenated alkanes) is 2. The second-order valence-corrected chi connectivity index (χ2v) is 25.0. The number of aryl methyl sites for hydroxylation is 1. The first-order valence-electron chi connectivity index (χ1n) is 13.2. The summed E-state index contributed by atoms with van der Waals surface area (Å²) in [5, 5.41) is 0. The average Bonchev–Trinajstić information content (AvgIpc) is 3.32. The Morgan fingerprint density at radius 2 is 1.63 bits per heavy atom. The van der Waals surface area contributed by atoms with Gasteiger partial charge in [0, 0.05) is 0 Å². The fourth-order valence-electron chi connectivity index (χ4n) is 6.49. The zero-order chi connectivity index (χ0) is 25.1. The van der Waals surface area contributed by atoms with Crippen molar-refractivity contribution in [1.82, 2.24) is 4.31 Å². The Bertz CT molecular complexity index is 1120. The van der Waals surface area contributed by atoms with E-state index in [4.69, 9.17) is 4.74 Å². The van der Waals surface area contributed by atoms with Crippen molar-refractivity contribution in [2.45, 2.75) is 70.7 Å². The third kappa shape index (κ3) is 5.16. The Labute approximate surface area is 216 Å². The number of fused-ring (bicyclic) bond motifs is 1. The Morgan fingerprint density at radius 3 is 2.20 bits per heavy atom. The Balaban J connectivity index is 1.85. The summed E-state index contributed by atoms with van der Waals surface area (Å²) in [4.78, 5) is 0.379. The van der Waals surface area contributed by atoms with Crippen LogP contribution in [0.2, 0.25) is 13.3 Å². The molecule has 6 heteroatoms. The Hall–Kier alpha value is -1.15. The number of hydrogen-bond acceptors (Lipinski definition) is 3. The Kier molecular flexibility index (Phi) is 8.51. The van der Waals surface area contributed by atoms with Gasteiger partial charge in [-0.2, -0.15) is 0 Å². The summed E-state index contributed by atoms with van der Waals surface area (Å²) in [6.45, 7) is 7.62. The van der Waals surface area contributed by atoms with Gasteiger partial charge >= 0.3 is 218 Å². The van der Waals surface area contributed by atoms with E-state index in [0.717, 1.165) is 15.6 Å². The van der Waals surface area contributed by atoms with Gasteiger partial charge in [0.25, 0.3) is 0 Å². The third-order valence-corrected chi connectivity index (χ3v) is 24.2. The molecule has 4 nitrogen and oxygen atoms in total. The molecule has 2 aromatic rings. The number of rotatable bonds is 11. The van der Waals surface area contributed by atoms with E-state index >= 15 is 0 Å². The van der Waals surface area contributed by atoms with Crippen LogP contribution in [0.3, 0.4) is 0 Å². The van der Waals surface area contributed by atoms with Crippen LogP contribution in [0.4, 0.5) is 0 Å². The third-order valence-electron chi connectivity index (χ3n) is 8.13. The minimum absolute atomic E-state index is 0.233. The number of nitrogens with zero attached hydrogens (tertiary/aromatic N) is 1. The quantitative estimate of drug-likeness (QED) is 0.263. The molecule has 0 aliphatic carbocycles. The summed E-state index contributed by atoms with van der Waals surface area (Å²) in [5.74, 6) is 0. The molecular weight excluding hydrogens is 561 g/mol. The van der Waals surface area contributed by atoms with Gasteiger partial charge in [0.15, 0.2) is 0 Å². The zero-order valence-corrected chi connectivity index (χ0v) is 25.5. The van der Waals surface area contributed by atoms with Gasteiger partial charge < -0.3 is 0 Å². The van der Waals surface area contributed by atoms with Gasteiger partial charge in [0.05, 0.1) is 0 Å². The topological polar surface area (TPSA) is 46.6 Å². The van der Waals surface area contributed by atoms with Crippen molar-refractivity contribution in [2.75, 3.05) is 20.3 Å². The van der Waals surface area contributed by atoms with E-state index in [-0.39, 0.29) is 11.5 Å². The number of sulfonamides is 1. The van der Waals surface area contributed by atoms with E-state index in [0.29, 0.717) is 18.0 Å². The summed E-state index contributed by atoms with van der Waals surface area (Å²) >= 11 is -2.62. The molecule has 2 aromatic carbocycles. The normalized spacial score (nSPS) is 23.9. The number of hydrogen-bond donors (Lipinski definition) is 0. The van der Waals surface area contributed by atoms with Crippen LogP contribution in [0.15, 0.2) is 69.2 Å². The molecule has 0 aromatic heterocycles. The first-order valence-corrected chi connectivity index (χ1v) is 22.3. The number of benzene rings is 2. The van der Waals surface area contributed by atoms with Gasteiger partial charge in [-0.25, -0.2) is 0 Å².